The Morgan fingerprint density at radius 2 is 1.82 bits per heavy atom. The summed E-state index contributed by atoms with van der Waals surface area (Å²) >= 11 is 0. The number of benzene rings is 2. The summed E-state index contributed by atoms with van der Waals surface area (Å²) in [5.41, 5.74) is 4.01. The fourth-order valence-electron chi connectivity index (χ4n) is 6.81. The standard InChI is InChI=1S/C35H40N8O2/c1-24(2)39-18-14-28(15-19-39)41-20-13-26-21-27(11-12-32(26)41)37-35-36-23-31-33(38-35)43-30-10-8-9-29(22-30)40(25(3)44)16-6-4-5-7-17-42(43)34(31)45/h5,7-13,20-24,28H,4,6,14-19H2,1-3H3,(H,36,37,38)/b7-5-. The highest BCUT2D eigenvalue weighted by atomic mass is 16.2. The highest BCUT2D eigenvalue weighted by Gasteiger charge is 2.23. The van der Waals surface area contributed by atoms with Gasteiger partial charge in [0, 0.05) is 73.3 Å². The normalized spacial score (nSPS) is 17.3. The molecule has 0 radical (unpaired) electrons. The molecule has 5 heterocycles. The van der Waals surface area contributed by atoms with Crippen LogP contribution in [0.2, 0.25) is 0 Å². The summed E-state index contributed by atoms with van der Waals surface area (Å²) in [6.07, 6.45) is 11.9. The van der Waals surface area contributed by atoms with Gasteiger partial charge in [-0.3, -0.25) is 9.59 Å². The third-order valence-corrected chi connectivity index (χ3v) is 9.24. The van der Waals surface area contributed by atoms with Crippen molar-refractivity contribution in [2.24, 2.45) is 0 Å². The van der Waals surface area contributed by atoms with Gasteiger partial charge in [0.15, 0.2) is 5.65 Å². The molecule has 0 unspecified atom stereocenters. The van der Waals surface area contributed by atoms with E-state index in [0.717, 1.165) is 61.2 Å². The zero-order chi connectivity index (χ0) is 31.1. The molecule has 1 fully saturated rings. The van der Waals surface area contributed by atoms with E-state index in [0.29, 0.717) is 42.2 Å². The maximum atomic E-state index is 13.6. The van der Waals surface area contributed by atoms with Crippen LogP contribution in [-0.2, 0) is 11.3 Å². The third-order valence-electron chi connectivity index (χ3n) is 9.24. The van der Waals surface area contributed by atoms with Crippen molar-refractivity contribution < 1.29 is 4.79 Å². The van der Waals surface area contributed by atoms with Gasteiger partial charge in [-0.15, -0.1) is 0 Å². The lowest BCUT2D eigenvalue weighted by atomic mass is 10.0. The van der Waals surface area contributed by atoms with E-state index in [4.69, 9.17) is 4.98 Å². The number of rotatable bonds is 4. The minimum absolute atomic E-state index is 0.0134. The average Bonchev–Trinajstić information content (AvgIpc) is 3.58. The van der Waals surface area contributed by atoms with E-state index in [1.54, 1.807) is 22.7 Å². The van der Waals surface area contributed by atoms with Gasteiger partial charge in [0.25, 0.3) is 5.56 Å². The smallest absolute Gasteiger partial charge is 0.278 e. The second kappa shape index (κ2) is 12.0. The van der Waals surface area contributed by atoms with Gasteiger partial charge in [-0.25, -0.2) is 14.3 Å². The number of aromatic nitrogens is 5. The zero-order valence-corrected chi connectivity index (χ0v) is 26.2. The van der Waals surface area contributed by atoms with Crippen molar-refractivity contribution >= 4 is 45.2 Å². The number of hydrogen-bond donors (Lipinski definition) is 1. The monoisotopic (exact) mass is 604 g/mol. The number of nitrogens with one attached hydrogen (secondary N) is 1. The average molecular weight is 605 g/mol. The first kappa shape index (κ1) is 29.0. The van der Waals surface area contributed by atoms with E-state index in [2.05, 4.69) is 70.2 Å². The summed E-state index contributed by atoms with van der Waals surface area (Å²) in [4.78, 5) is 39.9. The van der Waals surface area contributed by atoms with Gasteiger partial charge in [0.1, 0.15) is 5.39 Å². The summed E-state index contributed by atoms with van der Waals surface area (Å²) in [6, 6.07) is 17.4. The van der Waals surface area contributed by atoms with E-state index in [1.807, 2.05) is 35.0 Å². The number of anilines is 3. The minimum atomic E-state index is -0.158. The van der Waals surface area contributed by atoms with Crippen LogP contribution >= 0.6 is 0 Å². The fourth-order valence-corrected chi connectivity index (χ4v) is 6.81. The number of carbonyl (C=O) groups excluding carboxylic acids is 1. The predicted octanol–water partition coefficient (Wildman–Crippen LogP) is 6.03. The van der Waals surface area contributed by atoms with Crippen molar-refractivity contribution in [3.8, 4) is 5.69 Å². The molecule has 0 saturated carbocycles. The Morgan fingerprint density at radius 1 is 1.00 bits per heavy atom. The van der Waals surface area contributed by atoms with Crippen LogP contribution in [0.1, 0.15) is 52.5 Å². The molecule has 2 aliphatic rings. The summed E-state index contributed by atoms with van der Waals surface area (Å²) in [5.74, 6) is 0.395. The van der Waals surface area contributed by atoms with Crippen LogP contribution in [0.5, 0.6) is 0 Å². The Kier molecular flexibility index (Phi) is 7.75. The number of amides is 1. The van der Waals surface area contributed by atoms with Crippen molar-refractivity contribution in [3.05, 3.63) is 83.4 Å². The molecule has 1 saturated heterocycles. The van der Waals surface area contributed by atoms with Crippen LogP contribution < -0.4 is 15.8 Å². The van der Waals surface area contributed by atoms with Gasteiger partial charge in [0.2, 0.25) is 11.9 Å². The number of nitrogens with zero attached hydrogens (tertiary/aromatic N) is 7. The molecule has 0 atom stereocenters. The molecule has 2 bridgehead atoms. The molecular weight excluding hydrogens is 564 g/mol. The molecule has 1 amide bonds. The fraction of sp³-hybridized carbons (Fsp3) is 0.371. The molecule has 2 aliphatic heterocycles. The van der Waals surface area contributed by atoms with E-state index in [1.165, 1.54) is 5.52 Å². The zero-order valence-electron chi connectivity index (χ0n) is 26.2. The Bertz CT molecular complexity index is 1960. The number of fused-ring (bicyclic) bond motifs is 7. The largest absolute Gasteiger partial charge is 0.344 e. The van der Waals surface area contributed by atoms with Crippen molar-refractivity contribution in [3.63, 3.8) is 0 Å². The Morgan fingerprint density at radius 3 is 2.62 bits per heavy atom. The van der Waals surface area contributed by atoms with Crippen molar-refractivity contribution in [1.29, 1.82) is 0 Å². The summed E-state index contributed by atoms with van der Waals surface area (Å²) < 4.78 is 5.95. The topological polar surface area (TPSA) is 93.2 Å². The Balaban J connectivity index is 1.22. The molecule has 0 spiro atoms. The highest BCUT2D eigenvalue weighted by Crippen LogP contribution is 2.31. The van der Waals surface area contributed by atoms with Crippen LogP contribution in [0.15, 0.2) is 77.9 Å². The van der Waals surface area contributed by atoms with Gasteiger partial charge in [-0.1, -0.05) is 18.2 Å². The lowest BCUT2D eigenvalue weighted by Crippen LogP contribution is -2.38. The third kappa shape index (κ3) is 5.55. The summed E-state index contributed by atoms with van der Waals surface area (Å²) in [6.45, 7) is 9.43. The van der Waals surface area contributed by atoms with Crippen molar-refractivity contribution in [2.75, 3.05) is 29.9 Å². The van der Waals surface area contributed by atoms with E-state index < -0.39 is 0 Å². The molecule has 7 rings (SSSR count). The molecule has 10 heteroatoms. The van der Waals surface area contributed by atoms with Crippen LogP contribution in [0.25, 0.3) is 27.6 Å². The summed E-state index contributed by atoms with van der Waals surface area (Å²) in [7, 11) is 0. The number of piperidine rings is 1. The number of likely N-dealkylation sites (tertiary alicyclic amines) is 1. The van der Waals surface area contributed by atoms with E-state index in [9.17, 15) is 9.59 Å². The van der Waals surface area contributed by atoms with Crippen LogP contribution in [0.4, 0.5) is 17.3 Å². The van der Waals surface area contributed by atoms with Gasteiger partial charge < -0.3 is 19.7 Å². The Labute approximate surface area is 262 Å². The quantitative estimate of drug-likeness (QED) is 0.252. The van der Waals surface area contributed by atoms with Gasteiger partial charge in [-0.2, -0.15) is 4.98 Å². The first-order chi connectivity index (χ1) is 21.9. The van der Waals surface area contributed by atoms with Crippen molar-refractivity contribution in [2.45, 2.75) is 65.1 Å². The molecule has 10 nitrogen and oxygen atoms in total. The first-order valence-electron chi connectivity index (χ1n) is 16.0. The predicted molar refractivity (Wildman–Crippen MR) is 180 cm³/mol. The maximum absolute atomic E-state index is 13.6. The second-order valence-electron chi connectivity index (χ2n) is 12.4. The second-order valence-corrected chi connectivity index (χ2v) is 12.4. The van der Waals surface area contributed by atoms with Gasteiger partial charge in [0.05, 0.1) is 12.2 Å². The van der Waals surface area contributed by atoms with Crippen LogP contribution in [0.3, 0.4) is 0 Å². The number of carbonyl (C=O) groups is 1. The first-order valence-corrected chi connectivity index (χ1v) is 16.0. The minimum Gasteiger partial charge on any atom is -0.344 e. The van der Waals surface area contributed by atoms with Crippen molar-refractivity contribution in [1.82, 2.24) is 28.8 Å². The number of allylic oxidation sites excluding steroid dienone is 2. The summed E-state index contributed by atoms with van der Waals surface area (Å²) in [5, 5.41) is 4.98. The van der Waals surface area contributed by atoms with Crippen LogP contribution in [-0.4, -0.2) is 60.4 Å². The molecule has 232 valence electrons. The SMILES string of the molecule is CC(=O)N1CCC/C=C\Cn2c(=O)c3cnc(Nc4ccc5c(ccn5C5CCN(C(C)C)CC5)c4)nc3n2-c2cccc1c2. The van der Waals surface area contributed by atoms with E-state index >= 15 is 0 Å². The van der Waals surface area contributed by atoms with Gasteiger partial charge >= 0.3 is 0 Å². The lowest BCUT2D eigenvalue weighted by molar-refractivity contribution is -0.116. The molecule has 3 aromatic heterocycles. The maximum Gasteiger partial charge on any atom is 0.278 e. The highest BCUT2D eigenvalue weighted by molar-refractivity contribution is 5.92. The molecule has 1 N–H and O–H groups in total. The molecular formula is C35H40N8O2. The Hall–Kier alpha value is -4.70. The molecule has 5 aromatic rings. The van der Waals surface area contributed by atoms with Gasteiger partial charge in [-0.05, 0) is 82.0 Å². The molecule has 45 heavy (non-hydrogen) atoms. The van der Waals surface area contributed by atoms with E-state index in [-0.39, 0.29) is 11.5 Å². The number of hydrogen-bond acceptors (Lipinski definition) is 6. The molecule has 2 aromatic carbocycles. The lowest BCUT2D eigenvalue weighted by Gasteiger charge is -2.35. The molecule has 0 aliphatic carbocycles. The van der Waals surface area contributed by atoms with Crippen LogP contribution in [0, 0.1) is 0 Å².